The average molecular weight is 567 g/mol. The summed E-state index contributed by atoms with van der Waals surface area (Å²) in [6.07, 6.45) is 9.47. The number of nitriles is 1. The largest absolute Gasteiger partial charge is 0.465 e. The van der Waals surface area contributed by atoms with Gasteiger partial charge in [-0.25, -0.2) is 9.79 Å². The second kappa shape index (κ2) is 15.0. The monoisotopic (exact) mass is 566 g/mol. The maximum Gasteiger partial charge on any atom is 0.413 e. The van der Waals surface area contributed by atoms with Crippen LogP contribution in [0.2, 0.25) is 0 Å². The van der Waals surface area contributed by atoms with Gasteiger partial charge in [0.15, 0.2) is 0 Å². The lowest BCUT2D eigenvalue weighted by Crippen LogP contribution is -2.44. The smallest absolute Gasteiger partial charge is 0.413 e. The number of carbonyl (C=O) groups is 1. The second-order valence-electron chi connectivity index (χ2n) is 11.7. The Balaban J connectivity index is 2.34. The summed E-state index contributed by atoms with van der Waals surface area (Å²) in [5.74, 6) is 0.223. The number of halogens is 1. The molecule has 1 aliphatic rings. The first-order chi connectivity index (χ1) is 19.3. The molecule has 1 aliphatic carbocycles. The van der Waals surface area contributed by atoms with Crippen LogP contribution in [0.25, 0.3) is 0 Å². The zero-order chi connectivity index (χ0) is 30.8. The predicted molar refractivity (Wildman–Crippen MR) is 165 cm³/mol. The SMILES string of the molecule is CC=C(/N=C\C(=C(C)CC)C(C)(C)O)N(C[C@@H]1CCC[C@](CF)(CN(/C=C\C)c2cc(C#N)ccc2C)C1)C(=O)O. The molecule has 1 amide bonds. The van der Waals surface area contributed by atoms with Gasteiger partial charge in [-0.1, -0.05) is 31.1 Å². The zero-order valence-corrected chi connectivity index (χ0v) is 25.7. The highest BCUT2D eigenvalue weighted by molar-refractivity contribution is 5.83. The summed E-state index contributed by atoms with van der Waals surface area (Å²) in [4.78, 5) is 20.2. The van der Waals surface area contributed by atoms with Crippen LogP contribution in [0, 0.1) is 29.6 Å². The van der Waals surface area contributed by atoms with Crippen molar-refractivity contribution in [1.29, 1.82) is 5.26 Å². The zero-order valence-electron chi connectivity index (χ0n) is 25.7. The number of allylic oxidation sites excluding steroid dienone is 3. The van der Waals surface area contributed by atoms with E-state index in [1.807, 2.05) is 57.0 Å². The molecule has 8 heteroatoms. The van der Waals surface area contributed by atoms with E-state index in [0.717, 1.165) is 36.1 Å². The number of amides is 1. The molecule has 0 radical (unpaired) electrons. The molecule has 0 unspecified atom stereocenters. The van der Waals surface area contributed by atoms with Crippen LogP contribution >= 0.6 is 0 Å². The van der Waals surface area contributed by atoms with E-state index in [0.29, 0.717) is 30.5 Å². The van der Waals surface area contributed by atoms with E-state index in [9.17, 15) is 24.7 Å². The molecule has 0 aliphatic heterocycles. The van der Waals surface area contributed by atoms with Crippen molar-refractivity contribution < 1.29 is 19.4 Å². The molecule has 2 rings (SSSR count). The summed E-state index contributed by atoms with van der Waals surface area (Å²) < 4.78 is 14.9. The Morgan fingerprint density at radius 1 is 1.34 bits per heavy atom. The molecule has 7 nitrogen and oxygen atoms in total. The molecule has 1 saturated carbocycles. The van der Waals surface area contributed by atoms with Gasteiger partial charge in [-0.05, 0) is 103 Å². The molecule has 2 atom stereocenters. The van der Waals surface area contributed by atoms with Gasteiger partial charge in [0.05, 0.1) is 23.9 Å². The number of aryl methyl sites for hydroxylation is 1. The van der Waals surface area contributed by atoms with Crippen LogP contribution in [0.3, 0.4) is 0 Å². The van der Waals surface area contributed by atoms with E-state index >= 15 is 0 Å². The number of carboxylic acid groups (broad SMARTS) is 1. The standard InChI is InChI=1S/C33H47FN4O3/c1-8-16-37(29-17-26(19-35)14-13-25(29)5)23-33(22-34)15-11-12-27(18-33)21-38(31(39)40)30(10-3)36-20-28(24(4)9-2)32(6,7)41/h8,10,13-14,16-17,20,27,41H,9,11-12,15,18,21-23H2,1-7H3,(H,39,40)/b16-8-,28-24?,30-10?,36-20-/t27-,33+/m1/s1. The fraction of sp³-hybridized carbons (Fsp3) is 0.545. The average Bonchev–Trinajstić information content (AvgIpc) is 2.93. The molecule has 224 valence electrons. The Hall–Kier alpha value is -3.44. The van der Waals surface area contributed by atoms with Gasteiger partial charge in [-0.2, -0.15) is 5.26 Å². The van der Waals surface area contributed by atoms with E-state index in [1.165, 1.54) is 4.90 Å². The van der Waals surface area contributed by atoms with E-state index in [2.05, 4.69) is 11.1 Å². The number of hydrogen-bond donors (Lipinski definition) is 2. The summed E-state index contributed by atoms with van der Waals surface area (Å²) in [5.41, 5.74) is 2.25. The number of rotatable bonds is 12. The van der Waals surface area contributed by atoms with Crippen LogP contribution in [0.4, 0.5) is 14.9 Å². The summed E-state index contributed by atoms with van der Waals surface area (Å²) in [6.45, 7) is 13.0. The van der Waals surface area contributed by atoms with E-state index < -0.39 is 23.8 Å². The Labute approximate surface area is 245 Å². The minimum absolute atomic E-state index is 0.0542. The summed E-state index contributed by atoms with van der Waals surface area (Å²) >= 11 is 0. The van der Waals surface area contributed by atoms with E-state index in [4.69, 9.17) is 0 Å². The van der Waals surface area contributed by atoms with E-state index in [-0.39, 0.29) is 18.3 Å². The molecule has 2 N–H and O–H groups in total. The fourth-order valence-electron chi connectivity index (χ4n) is 5.73. The first kappa shape index (κ1) is 33.8. The third-order valence-corrected chi connectivity index (χ3v) is 7.99. The third-order valence-electron chi connectivity index (χ3n) is 7.99. The van der Waals surface area contributed by atoms with Gasteiger partial charge in [0, 0.05) is 36.0 Å². The lowest BCUT2D eigenvalue weighted by atomic mass is 9.69. The van der Waals surface area contributed by atoms with Gasteiger partial charge in [0.25, 0.3) is 0 Å². The highest BCUT2D eigenvalue weighted by Crippen LogP contribution is 2.42. The Morgan fingerprint density at radius 3 is 2.59 bits per heavy atom. The number of benzene rings is 1. The Kier molecular flexibility index (Phi) is 12.3. The highest BCUT2D eigenvalue weighted by Gasteiger charge is 2.39. The maximum absolute atomic E-state index is 14.9. The van der Waals surface area contributed by atoms with Crippen molar-refractivity contribution in [2.45, 2.75) is 86.2 Å². The van der Waals surface area contributed by atoms with Crippen molar-refractivity contribution in [3.63, 3.8) is 0 Å². The van der Waals surface area contributed by atoms with Crippen molar-refractivity contribution in [2.24, 2.45) is 16.3 Å². The number of anilines is 1. The summed E-state index contributed by atoms with van der Waals surface area (Å²) in [6, 6.07) is 7.70. The van der Waals surface area contributed by atoms with Gasteiger partial charge >= 0.3 is 6.09 Å². The molecular weight excluding hydrogens is 519 g/mol. The summed E-state index contributed by atoms with van der Waals surface area (Å²) in [7, 11) is 0. The van der Waals surface area contributed by atoms with Crippen molar-refractivity contribution in [2.75, 3.05) is 24.7 Å². The van der Waals surface area contributed by atoms with Crippen molar-refractivity contribution in [3.05, 3.63) is 64.6 Å². The van der Waals surface area contributed by atoms with Gasteiger partial charge in [-0.3, -0.25) is 9.29 Å². The predicted octanol–water partition coefficient (Wildman–Crippen LogP) is 7.76. The topological polar surface area (TPSA) is 100 Å². The Morgan fingerprint density at radius 2 is 2.05 bits per heavy atom. The van der Waals surface area contributed by atoms with Crippen LogP contribution in [-0.4, -0.2) is 52.8 Å². The van der Waals surface area contributed by atoms with Gasteiger partial charge in [0.2, 0.25) is 0 Å². The molecule has 1 aromatic carbocycles. The number of hydrogen-bond acceptors (Lipinski definition) is 5. The second-order valence-corrected chi connectivity index (χ2v) is 11.7. The number of aliphatic imine (C=N–C) groups is 1. The van der Waals surface area contributed by atoms with Crippen LogP contribution in [0.1, 0.15) is 84.8 Å². The molecule has 0 bridgehead atoms. The van der Waals surface area contributed by atoms with Crippen molar-refractivity contribution in [1.82, 2.24) is 4.90 Å². The Bertz CT molecular complexity index is 1220. The molecular formula is C33H47FN4O3. The maximum atomic E-state index is 14.9. The lowest BCUT2D eigenvalue weighted by Gasteiger charge is -2.43. The normalized spacial score (nSPS) is 20.7. The lowest BCUT2D eigenvalue weighted by molar-refractivity contribution is 0.0884. The van der Waals surface area contributed by atoms with Gasteiger partial charge < -0.3 is 15.1 Å². The van der Waals surface area contributed by atoms with Gasteiger partial charge in [-0.15, -0.1) is 0 Å². The van der Waals surface area contributed by atoms with Crippen LogP contribution in [0.5, 0.6) is 0 Å². The van der Waals surface area contributed by atoms with Crippen LogP contribution in [0.15, 0.2) is 58.5 Å². The van der Waals surface area contributed by atoms with Crippen molar-refractivity contribution >= 4 is 18.0 Å². The fourth-order valence-corrected chi connectivity index (χ4v) is 5.73. The number of nitrogens with zero attached hydrogens (tertiary/aromatic N) is 4. The first-order valence-corrected chi connectivity index (χ1v) is 14.4. The molecule has 0 aromatic heterocycles. The minimum Gasteiger partial charge on any atom is -0.465 e. The third kappa shape index (κ3) is 9.02. The molecule has 0 saturated heterocycles. The molecule has 0 spiro atoms. The van der Waals surface area contributed by atoms with E-state index in [1.54, 1.807) is 39.1 Å². The molecule has 1 fully saturated rings. The van der Waals surface area contributed by atoms with Crippen LogP contribution < -0.4 is 4.90 Å². The molecule has 41 heavy (non-hydrogen) atoms. The van der Waals surface area contributed by atoms with Crippen LogP contribution in [-0.2, 0) is 0 Å². The highest BCUT2D eigenvalue weighted by atomic mass is 19.1. The number of alkyl halides is 1. The number of aliphatic hydroxyl groups is 1. The van der Waals surface area contributed by atoms with Crippen molar-refractivity contribution in [3.8, 4) is 6.07 Å². The quantitative estimate of drug-likeness (QED) is 0.252. The first-order valence-electron chi connectivity index (χ1n) is 14.4. The molecule has 1 aromatic rings. The minimum atomic E-state index is -1.12. The van der Waals surface area contributed by atoms with Gasteiger partial charge in [0.1, 0.15) is 5.82 Å². The molecule has 0 heterocycles. The summed E-state index contributed by atoms with van der Waals surface area (Å²) in [5, 5.41) is 30.2.